The van der Waals surface area contributed by atoms with Crippen LogP contribution in [0, 0.1) is 11.3 Å². The molecule has 4 heteroatoms. The Morgan fingerprint density at radius 3 is 2.62 bits per heavy atom. The smallest absolute Gasteiger partial charge is 0.223 e. The summed E-state index contributed by atoms with van der Waals surface area (Å²) in [5.74, 6) is 1.13. The van der Waals surface area contributed by atoms with E-state index in [0.29, 0.717) is 31.2 Å². The number of likely N-dealkylation sites (tertiary alicyclic amines) is 1. The van der Waals surface area contributed by atoms with Crippen LogP contribution in [0.25, 0.3) is 0 Å². The van der Waals surface area contributed by atoms with Crippen LogP contribution in [0.15, 0.2) is 24.3 Å². The summed E-state index contributed by atoms with van der Waals surface area (Å²) in [6, 6.07) is 7.39. The molecule has 1 aliphatic heterocycles. The minimum Gasteiger partial charge on any atom is -0.496 e. The number of benzene rings is 1. The molecule has 116 valence electrons. The van der Waals surface area contributed by atoms with Crippen molar-refractivity contribution in [2.24, 2.45) is 11.3 Å². The van der Waals surface area contributed by atoms with Gasteiger partial charge >= 0.3 is 0 Å². The number of methoxy groups -OCH3 is 1. The van der Waals surface area contributed by atoms with E-state index in [4.69, 9.17) is 4.74 Å². The Kier molecular flexibility index (Phi) is 4.57. The maximum absolute atomic E-state index is 12.1. The summed E-state index contributed by atoms with van der Waals surface area (Å²) >= 11 is 0. The van der Waals surface area contributed by atoms with Gasteiger partial charge in [0.15, 0.2) is 0 Å². The molecule has 2 rings (SSSR count). The second-order valence-corrected chi connectivity index (χ2v) is 6.82. The van der Waals surface area contributed by atoms with Gasteiger partial charge in [0, 0.05) is 18.5 Å². The highest BCUT2D eigenvalue weighted by molar-refractivity contribution is 5.78. The van der Waals surface area contributed by atoms with Crippen molar-refractivity contribution < 1.29 is 14.6 Å². The fourth-order valence-corrected chi connectivity index (χ4v) is 2.78. The van der Waals surface area contributed by atoms with Crippen molar-refractivity contribution in [2.45, 2.75) is 33.3 Å². The van der Waals surface area contributed by atoms with E-state index >= 15 is 0 Å². The Morgan fingerprint density at radius 1 is 1.38 bits per heavy atom. The van der Waals surface area contributed by atoms with Crippen molar-refractivity contribution in [1.29, 1.82) is 0 Å². The van der Waals surface area contributed by atoms with Crippen molar-refractivity contribution >= 4 is 5.91 Å². The van der Waals surface area contributed by atoms with Crippen LogP contribution in [0.5, 0.6) is 5.75 Å². The van der Waals surface area contributed by atoms with E-state index in [1.807, 2.05) is 24.3 Å². The van der Waals surface area contributed by atoms with Gasteiger partial charge < -0.3 is 14.7 Å². The molecule has 1 fully saturated rings. The molecule has 1 saturated heterocycles. The average Bonchev–Trinajstić information content (AvgIpc) is 2.80. The first-order valence-corrected chi connectivity index (χ1v) is 7.41. The normalized spacial score (nSPS) is 20.7. The van der Waals surface area contributed by atoms with E-state index in [9.17, 15) is 9.90 Å². The zero-order chi connectivity index (χ0) is 15.6. The molecule has 0 saturated carbocycles. The van der Waals surface area contributed by atoms with Crippen LogP contribution in [0.1, 0.15) is 38.9 Å². The van der Waals surface area contributed by atoms with Crippen molar-refractivity contribution in [2.75, 3.05) is 20.2 Å². The van der Waals surface area contributed by atoms with E-state index < -0.39 is 6.10 Å². The molecule has 4 nitrogen and oxygen atoms in total. The summed E-state index contributed by atoms with van der Waals surface area (Å²) in [4.78, 5) is 13.9. The maximum atomic E-state index is 12.1. The molecule has 21 heavy (non-hydrogen) atoms. The zero-order valence-electron chi connectivity index (χ0n) is 13.3. The van der Waals surface area contributed by atoms with Gasteiger partial charge in [-0.1, -0.05) is 39.0 Å². The van der Waals surface area contributed by atoms with Gasteiger partial charge in [-0.2, -0.15) is 0 Å². The lowest BCUT2D eigenvalue weighted by molar-refractivity contribution is -0.129. The number of ether oxygens (including phenoxy) is 1. The van der Waals surface area contributed by atoms with Crippen molar-refractivity contribution in [3.05, 3.63) is 29.8 Å². The number of aliphatic hydroxyl groups excluding tert-OH is 1. The number of carbonyl (C=O) groups excluding carboxylic acids is 1. The molecule has 1 amide bonds. The molecule has 0 aromatic heterocycles. The van der Waals surface area contributed by atoms with Crippen LogP contribution in [-0.4, -0.2) is 36.1 Å². The number of aliphatic hydroxyl groups is 1. The van der Waals surface area contributed by atoms with E-state index in [2.05, 4.69) is 20.8 Å². The number of para-hydroxylation sites is 1. The molecule has 1 aromatic rings. The van der Waals surface area contributed by atoms with Crippen molar-refractivity contribution in [3.63, 3.8) is 0 Å². The first-order chi connectivity index (χ1) is 9.82. The van der Waals surface area contributed by atoms with Gasteiger partial charge in [0.2, 0.25) is 5.91 Å². The summed E-state index contributed by atoms with van der Waals surface area (Å²) < 4.78 is 5.27. The summed E-state index contributed by atoms with van der Waals surface area (Å²) in [5.41, 5.74) is 0.840. The number of carbonyl (C=O) groups is 1. The molecule has 0 bridgehead atoms. The fourth-order valence-electron chi connectivity index (χ4n) is 2.78. The quantitative estimate of drug-likeness (QED) is 0.927. The first kappa shape index (κ1) is 15.8. The van der Waals surface area contributed by atoms with Crippen LogP contribution in [-0.2, 0) is 4.79 Å². The van der Waals surface area contributed by atoms with Gasteiger partial charge in [-0.25, -0.2) is 0 Å². The first-order valence-electron chi connectivity index (χ1n) is 7.41. The van der Waals surface area contributed by atoms with E-state index in [-0.39, 0.29) is 11.3 Å². The molecule has 1 aromatic carbocycles. The standard InChI is InChI=1S/C17H25NO3/c1-17(2,3)12-9-16(20)18(10-12)11-14(19)13-7-5-6-8-15(13)21-4/h5-8,12,14,19H,9-11H2,1-4H3. The third-order valence-corrected chi connectivity index (χ3v) is 4.33. The van der Waals surface area contributed by atoms with E-state index in [0.717, 1.165) is 5.56 Å². The van der Waals surface area contributed by atoms with Gasteiger partial charge in [0.25, 0.3) is 0 Å². The lowest BCUT2D eigenvalue weighted by Crippen LogP contribution is -2.31. The van der Waals surface area contributed by atoms with E-state index in [1.54, 1.807) is 12.0 Å². The average molecular weight is 291 g/mol. The molecule has 0 spiro atoms. The summed E-state index contributed by atoms with van der Waals surface area (Å²) in [7, 11) is 1.59. The Bertz CT molecular complexity index is 507. The van der Waals surface area contributed by atoms with Gasteiger partial charge in [0.1, 0.15) is 11.9 Å². The number of hydrogen-bond acceptors (Lipinski definition) is 3. The predicted octanol–water partition coefficient (Wildman–Crippen LogP) is 2.62. The van der Waals surface area contributed by atoms with Crippen LogP contribution in [0.3, 0.4) is 0 Å². The van der Waals surface area contributed by atoms with Crippen molar-refractivity contribution in [1.82, 2.24) is 4.90 Å². The molecule has 1 N–H and O–H groups in total. The summed E-state index contributed by atoms with van der Waals surface area (Å²) in [6.45, 7) is 7.52. The number of β-amino-alcohol motifs (C(OH)–C–C–N with tert-alkyl or cyclic N) is 1. The Hall–Kier alpha value is -1.55. The third kappa shape index (κ3) is 3.56. The largest absolute Gasteiger partial charge is 0.496 e. The second-order valence-electron chi connectivity index (χ2n) is 6.82. The Morgan fingerprint density at radius 2 is 2.05 bits per heavy atom. The van der Waals surface area contributed by atoms with Gasteiger partial charge in [-0.05, 0) is 17.4 Å². The third-order valence-electron chi connectivity index (χ3n) is 4.33. The van der Waals surface area contributed by atoms with Crippen molar-refractivity contribution in [3.8, 4) is 5.75 Å². The van der Waals surface area contributed by atoms with Gasteiger partial charge in [-0.3, -0.25) is 4.79 Å². The van der Waals surface area contributed by atoms with Gasteiger partial charge in [-0.15, -0.1) is 0 Å². The molecule has 1 heterocycles. The molecular formula is C17H25NO3. The maximum Gasteiger partial charge on any atom is 0.223 e. The molecule has 0 radical (unpaired) electrons. The van der Waals surface area contributed by atoms with Crippen LogP contribution >= 0.6 is 0 Å². The van der Waals surface area contributed by atoms with E-state index in [1.165, 1.54) is 0 Å². The van der Waals surface area contributed by atoms with Crippen LogP contribution < -0.4 is 4.74 Å². The van der Waals surface area contributed by atoms with Gasteiger partial charge in [0.05, 0.1) is 13.7 Å². The minimum absolute atomic E-state index is 0.111. The number of rotatable bonds is 4. The monoisotopic (exact) mass is 291 g/mol. The highest BCUT2D eigenvalue weighted by Crippen LogP contribution is 2.35. The molecule has 1 aliphatic rings. The highest BCUT2D eigenvalue weighted by Gasteiger charge is 2.37. The number of amides is 1. The molecular weight excluding hydrogens is 266 g/mol. The number of nitrogens with zero attached hydrogens (tertiary/aromatic N) is 1. The topological polar surface area (TPSA) is 49.8 Å². The Balaban J connectivity index is 2.06. The lowest BCUT2D eigenvalue weighted by Gasteiger charge is -2.27. The summed E-state index contributed by atoms with van der Waals surface area (Å²) in [6.07, 6.45) is -0.147. The Labute approximate surface area is 126 Å². The van der Waals surface area contributed by atoms with Crippen LogP contribution in [0.2, 0.25) is 0 Å². The molecule has 0 aliphatic carbocycles. The number of hydrogen-bond donors (Lipinski definition) is 1. The molecule has 2 unspecified atom stereocenters. The SMILES string of the molecule is COc1ccccc1C(O)CN1CC(C(C)(C)C)CC1=O. The fraction of sp³-hybridized carbons (Fsp3) is 0.588. The second kappa shape index (κ2) is 6.06. The molecule has 2 atom stereocenters. The predicted molar refractivity (Wildman–Crippen MR) is 82.1 cm³/mol. The minimum atomic E-state index is -0.719. The summed E-state index contributed by atoms with van der Waals surface area (Å²) in [5, 5.41) is 10.4. The highest BCUT2D eigenvalue weighted by atomic mass is 16.5. The lowest BCUT2D eigenvalue weighted by atomic mass is 9.80. The van der Waals surface area contributed by atoms with Crippen LogP contribution in [0.4, 0.5) is 0 Å². The zero-order valence-corrected chi connectivity index (χ0v) is 13.3.